The van der Waals surface area contributed by atoms with Gasteiger partial charge in [-0.1, -0.05) is 12.2 Å². The molecular weight excluding hydrogens is 308 g/mol. The van der Waals surface area contributed by atoms with Crippen molar-refractivity contribution in [3.63, 3.8) is 0 Å². The highest BCUT2D eigenvalue weighted by Crippen LogP contribution is 2.61. The predicted octanol–water partition coefficient (Wildman–Crippen LogP) is 2.46. The van der Waals surface area contributed by atoms with Crippen LogP contribution in [0.2, 0.25) is 0 Å². The fourth-order valence-electron chi connectivity index (χ4n) is 4.17. The van der Waals surface area contributed by atoms with Crippen molar-refractivity contribution >= 4 is 12.1 Å². The van der Waals surface area contributed by atoms with Crippen molar-refractivity contribution in [3.8, 4) is 0 Å². The van der Waals surface area contributed by atoms with Gasteiger partial charge in [0.25, 0.3) is 5.92 Å². The summed E-state index contributed by atoms with van der Waals surface area (Å²) < 4.78 is 38.7. The number of halogens is 2. The highest BCUT2D eigenvalue weighted by molar-refractivity contribution is 5.83. The maximum absolute atomic E-state index is 14.3. The predicted molar refractivity (Wildman–Crippen MR) is 76.8 cm³/mol. The Hall–Kier alpha value is -1.66. The quantitative estimate of drug-likeness (QED) is 0.548. The molecule has 1 saturated carbocycles. The summed E-state index contributed by atoms with van der Waals surface area (Å²) in [4.78, 5) is 25.8. The maximum atomic E-state index is 14.3. The van der Waals surface area contributed by atoms with Gasteiger partial charge in [-0.3, -0.25) is 4.90 Å². The van der Waals surface area contributed by atoms with Gasteiger partial charge in [0, 0.05) is 24.3 Å². The number of allylic oxidation sites excluding steroid dienone is 2. The third-order valence-corrected chi connectivity index (χ3v) is 4.96. The van der Waals surface area contributed by atoms with Crippen molar-refractivity contribution in [1.82, 2.24) is 4.90 Å². The SMILES string of the molecule is COC(=O)[C@@H]1[C@@H]2[C@H](CN1C(=O)OC(C)(C)C)[C@@H]1C=C[C@H]2C1(F)F. The van der Waals surface area contributed by atoms with E-state index in [1.54, 1.807) is 20.8 Å². The van der Waals surface area contributed by atoms with Gasteiger partial charge in [0.15, 0.2) is 0 Å². The second-order valence-corrected chi connectivity index (χ2v) is 7.45. The molecule has 1 aliphatic heterocycles. The van der Waals surface area contributed by atoms with Crippen LogP contribution >= 0.6 is 0 Å². The van der Waals surface area contributed by atoms with Gasteiger partial charge in [-0.2, -0.15) is 0 Å². The summed E-state index contributed by atoms with van der Waals surface area (Å²) in [5.41, 5.74) is -0.726. The lowest BCUT2D eigenvalue weighted by molar-refractivity contribution is -0.148. The van der Waals surface area contributed by atoms with E-state index >= 15 is 0 Å². The Labute approximate surface area is 133 Å². The number of alkyl halides is 2. The van der Waals surface area contributed by atoms with E-state index in [0.29, 0.717) is 0 Å². The van der Waals surface area contributed by atoms with Crippen LogP contribution < -0.4 is 0 Å². The molecule has 2 aliphatic carbocycles. The molecular formula is C16H21F2NO4. The number of carbonyl (C=O) groups is 2. The Kier molecular flexibility index (Phi) is 3.46. The van der Waals surface area contributed by atoms with E-state index < -0.39 is 53.3 Å². The number of hydrogen-bond acceptors (Lipinski definition) is 4. The summed E-state index contributed by atoms with van der Waals surface area (Å²) >= 11 is 0. The molecule has 5 nitrogen and oxygen atoms in total. The summed E-state index contributed by atoms with van der Waals surface area (Å²) in [5.74, 6) is -6.57. The van der Waals surface area contributed by atoms with Crippen LogP contribution in [0.4, 0.5) is 13.6 Å². The van der Waals surface area contributed by atoms with Gasteiger partial charge in [0.05, 0.1) is 7.11 Å². The number of rotatable bonds is 1. The van der Waals surface area contributed by atoms with Gasteiger partial charge in [-0.15, -0.1) is 0 Å². The molecule has 0 aromatic heterocycles. The summed E-state index contributed by atoms with van der Waals surface area (Å²) in [5, 5.41) is 0. The first-order valence-corrected chi connectivity index (χ1v) is 7.71. The minimum Gasteiger partial charge on any atom is -0.467 e. The van der Waals surface area contributed by atoms with Crippen LogP contribution in [0.25, 0.3) is 0 Å². The monoisotopic (exact) mass is 329 g/mol. The summed E-state index contributed by atoms with van der Waals surface area (Å²) in [6, 6.07) is -1.02. The van der Waals surface area contributed by atoms with Crippen molar-refractivity contribution in [2.75, 3.05) is 13.7 Å². The molecule has 3 rings (SSSR count). The van der Waals surface area contributed by atoms with Crippen molar-refractivity contribution in [3.05, 3.63) is 12.2 Å². The largest absolute Gasteiger partial charge is 0.467 e. The zero-order valence-electron chi connectivity index (χ0n) is 13.6. The minimum atomic E-state index is -2.86. The molecule has 128 valence electrons. The van der Waals surface area contributed by atoms with E-state index in [9.17, 15) is 18.4 Å². The maximum Gasteiger partial charge on any atom is 0.411 e. The number of nitrogens with zero attached hydrogens (tertiary/aromatic N) is 1. The van der Waals surface area contributed by atoms with Crippen molar-refractivity contribution < 1.29 is 27.8 Å². The molecule has 0 unspecified atom stereocenters. The van der Waals surface area contributed by atoms with Crippen LogP contribution in [0.15, 0.2) is 12.2 Å². The van der Waals surface area contributed by atoms with Gasteiger partial charge < -0.3 is 9.47 Å². The van der Waals surface area contributed by atoms with Gasteiger partial charge in [-0.05, 0) is 26.7 Å². The van der Waals surface area contributed by atoms with Crippen molar-refractivity contribution in [2.24, 2.45) is 23.7 Å². The van der Waals surface area contributed by atoms with Crippen LogP contribution in [-0.4, -0.2) is 48.2 Å². The van der Waals surface area contributed by atoms with Crippen LogP contribution in [0.3, 0.4) is 0 Å². The molecule has 0 N–H and O–H groups in total. The normalized spacial score (nSPS) is 37.0. The molecule has 0 aromatic rings. The molecule has 7 heteroatoms. The minimum absolute atomic E-state index is 0.0838. The number of fused-ring (bicyclic) bond motifs is 5. The molecule has 0 spiro atoms. The lowest BCUT2D eigenvalue weighted by atomic mass is 9.82. The average molecular weight is 329 g/mol. The number of ether oxygens (including phenoxy) is 2. The first-order chi connectivity index (χ1) is 10.6. The van der Waals surface area contributed by atoms with Crippen molar-refractivity contribution in [2.45, 2.75) is 38.3 Å². The molecule has 0 radical (unpaired) electrons. The second kappa shape index (κ2) is 4.92. The van der Waals surface area contributed by atoms with Gasteiger partial charge in [-0.25, -0.2) is 18.4 Å². The van der Waals surface area contributed by atoms with E-state index in [1.807, 2.05) is 0 Å². The van der Waals surface area contributed by atoms with Gasteiger partial charge in [0.2, 0.25) is 0 Å². The number of likely N-dealkylation sites (tertiary alicyclic amines) is 1. The third-order valence-electron chi connectivity index (χ3n) is 4.96. The first-order valence-electron chi connectivity index (χ1n) is 7.71. The molecule has 23 heavy (non-hydrogen) atoms. The molecule has 3 aliphatic rings. The summed E-state index contributed by atoms with van der Waals surface area (Å²) in [6.45, 7) is 5.23. The zero-order chi connectivity index (χ0) is 17.2. The Balaban J connectivity index is 1.90. The molecule has 2 bridgehead atoms. The van der Waals surface area contributed by atoms with Crippen LogP contribution in [0, 0.1) is 23.7 Å². The molecule has 2 fully saturated rings. The number of amides is 1. The lowest BCUT2D eigenvalue weighted by Gasteiger charge is -2.31. The Morgan fingerprint density at radius 2 is 1.83 bits per heavy atom. The Morgan fingerprint density at radius 1 is 1.22 bits per heavy atom. The number of methoxy groups -OCH3 is 1. The fraction of sp³-hybridized carbons (Fsp3) is 0.750. The highest BCUT2D eigenvalue weighted by atomic mass is 19.3. The Bertz CT molecular complexity index is 569. The standard InChI is InChI=1S/C16H21F2NO4/c1-15(2,3)23-14(21)19-7-8-9-5-6-10(16(9,17)18)11(8)12(19)13(20)22-4/h5-6,8-12H,7H2,1-4H3/t8-,9+,10-,11-,12+/m1/s1. The van der Waals surface area contributed by atoms with Crippen molar-refractivity contribution in [1.29, 1.82) is 0 Å². The summed E-state index contributed by atoms with van der Waals surface area (Å²) in [6.07, 6.45) is 2.32. The van der Waals surface area contributed by atoms with E-state index in [1.165, 1.54) is 24.2 Å². The van der Waals surface area contributed by atoms with E-state index in [4.69, 9.17) is 9.47 Å². The van der Waals surface area contributed by atoms with E-state index in [-0.39, 0.29) is 6.54 Å². The third kappa shape index (κ3) is 2.32. The van der Waals surface area contributed by atoms with Gasteiger partial charge in [0.1, 0.15) is 11.6 Å². The molecule has 1 amide bonds. The van der Waals surface area contributed by atoms with Crippen LogP contribution in [0.5, 0.6) is 0 Å². The second-order valence-electron chi connectivity index (χ2n) is 7.45. The molecule has 0 aromatic carbocycles. The number of esters is 1. The average Bonchev–Trinajstić information content (AvgIpc) is 3.01. The fourth-order valence-corrected chi connectivity index (χ4v) is 4.17. The molecule has 1 heterocycles. The van der Waals surface area contributed by atoms with Crippen LogP contribution in [-0.2, 0) is 14.3 Å². The van der Waals surface area contributed by atoms with Crippen LogP contribution in [0.1, 0.15) is 20.8 Å². The number of carbonyl (C=O) groups excluding carboxylic acids is 2. The van der Waals surface area contributed by atoms with E-state index in [2.05, 4.69) is 0 Å². The van der Waals surface area contributed by atoms with Gasteiger partial charge >= 0.3 is 12.1 Å². The zero-order valence-corrected chi connectivity index (χ0v) is 13.6. The first kappa shape index (κ1) is 16.2. The topological polar surface area (TPSA) is 55.8 Å². The highest BCUT2D eigenvalue weighted by Gasteiger charge is 2.70. The summed E-state index contributed by atoms with van der Waals surface area (Å²) in [7, 11) is 1.20. The smallest absolute Gasteiger partial charge is 0.411 e. The molecule has 5 atom stereocenters. The Morgan fingerprint density at radius 3 is 2.39 bits per heavy atom. The lowest BCUT2D eigenvalue weighted by Crippen LogP contribution is -2.48. The number of hydrogen-bond donors (Lipinski definition) is 0. The molecule has 1 saturated heterocycles. The van der Waals surface area contributed by atoms with E-state index in [0.717, 1.165) is 0 Å².